The number of rotatable bonds is 6. The van der Waals surface area contributed by atoms with E-state index in [-0.39, 0.29) is 0 Å². The van der Waals surface area contributed by atoms with Crippen molar-refractivity contribution in [3.05, 3.63) is 42.7 Å². The van der Waals surface area contributed by atoms with Crippen LogP contribution in [-0.4, -0.2) is 61.3 Å². The van der Waals surface area contributed by atoms with Crippen molar-refractivity contribution in [1.29, 1.82) is 0 Å². The minimum absolute atomic E-state index is 0.605. The lowest BCUT2D eigenvalue weighted by Crippen LogP contribution is -2.47. The van der Waals surface area contributed by atoms with Crippen molar-refractivity contribution in [2.75, 3.05) is 51.3 Å². The summed E-state index contributed by atoms with van der Waals surface area (Å²) in [5.41, 5.74) is 0. The molecule has 1 aliphatic rings. The fourth-order valence-electron chi connectivity index (χ4n) is 2.62. The smallest absolute Gasteiger partial charge is 0.218 e. The molecule has 0 saturated carbocycles. The van der Waals surface area contributed by atoms with Crippen LogP contribution in [0.25, 0.3) is 0 Å². The second-order valence-corrected chi connectivity index (χ2v) is 5.41. The molecule has 2 heterocycles. The molecule has 0 N–H and O–H groups in total. The molecule has 1 fully saturated rings. The van der Waals surface area contributed by atoms with Crippen molar-refractivity contribution < 1.29 is 9.47 Å². The van der Waals surface area contributed by atoms with Crippen LogP contribution in [0.2, 0.25) is 0 Å². The predicted molar refractivity (Wildman–Crippen MR) is 89.2 cm³/mol. The summed E-state index contributed by atoms with van der Waals surface area (Å²) in [5.74, 6) is 2.46. The van der Waals surface area contributed by atoms with E-state index in [0.717, 1.165) is 44.3 Å². The highest BCUT2D eigenvalue weighted by Crippen LogP contribution is 2.17. The van der Waals surface area contributed by atoms with Crippen molar-refractivity contribution in [3.63, 3.8) is 0 Å². The number of hydrogen-bond acceptors (Lipinski definition) is 6. The number of piperazine rings is 1. The van der Waals surface area contributed by atoms with Gasteiger partial charge in [-0.3, -0.25) is 4.90 Å². The Morgan fingerprint density at radius 3 is 2.57 bits per heavy atom. The van der Waals surface area contributed by atoms with Gasteiger partial charge in [-0.1, -0.05) is 18.2 Å². The van der Waals surface area contributed by atoms with Gasteiger partial charge in [0.1, 0.15) is 24.5 Å². The summed E-state index contributed by atoms with van der Waals surface area (Å²) in [5, 5.41) is 0. The van der Waals surface area contributed by atoms with E-state index in [2.05, 4.69) is 19.8 Å². The second-order valence-electron chi connectivity index (χ2n) is 5.41. The maximum absolute atomic E-state index is 5.76. The zero-order chi connectivity index (χ0) is 15.9. The average Bonchev–Trinajstić information content (AvgIpc) is 2.63. The Bertz CT molecular complexity index is 601. The summed E-state index contributed by atoms with van der Waals surface area (Å²) in [6, 6.07) is 11.8. The molecule has 2 aromatic rings. The first-order chi connectivity index (χ1) is 11.3. The number of aromatic nitrogens is 2. The summed E-state index contributed by atoms with van der Waals surface area (Å²) in [6.07, 6.45) is 1.55. The molecule has 23 heavy (non-hydrogen) atoms. The van der Waals surface area contributed by atoms with Crippen molar-refractivity contribution in [2.24, 2.45) is 0 Å². The molecule has 0 radical (unpaired) electrons. The third-order valence-corrected chi connectivity index (χ3v) is 3.95. The van der Waals surface area contributed by atoms with Gasteiger partial charge in [0, 0.05) is 38.8 Å². The summed E-state index contributed by atoms with van der Waals surface area (Å²) in [7, 11) is 1.62. The van der Waals surface area contributed by atoms with Crippen molar-refractivity contribution in [1.82, 2.24) is 14.9 Å². The molecule has 6 nitrogen and oxygen atoms in total. The molecule has 0 atom stereocenters. The van der Waals surface area contributed by atoms with Gasteiger partial charge in [-0.2, -0.15) is 0 Å². The van der Waals surface area contributed by atoms with Crippen LogP contribution in [0.5, 0.6) is 11.6 Å². The molecular weight excluding hydrogens is 292 g/mol. The molecule has 0 amide bonds. The molecule has 1 aromatic carbocycles. The fourth-order valence-corrected chi connectivity index (χ4v) is 2.62. The maximum atomic E-state index is 5.76. The molecule has 3 rings (SSSR count). The Labute approximate surface area is 136 Å². The second kappa shape index (κ2) is 7.78. The van der Waals surface area contributed by atoms with Gasteiger partial charge in [-0.25, -0.2) is 9.97 Å². The first-order valence-corrected chi connectivity index (χ1v) is 7.86. The third-order valence-electron chi connectivity index (χ3n) is 3.95. The maximum Gasteiger partial charge on any atom is 0.218 e. The van der Waals surface area contributed by atoms with Gasteiger partial charge in [0.2, 0.25) is 5.88 Å². The van der Waals surface area contributed by atoms with E-state index in [4.69, 9.17) is 9.47 Å². The molecule has 0 spiro atoms. The fraction of sp³-hybridized carbons (Fsp3) is 0.412. The van der Waals surface area contributed by atoms with Crippen LogP contribution in [0.4, 0.5) is 5.82 Å². The minimum Gasteiger partial charge on any atom is -0.492 e. The minimum atomic E-state index is 0.605. The normalized spacial score (nSPS) is 15.4. The number of ether oxygens (including phenoxy) is 2. The van der Waals surface area contributed by atoms with Gasteiger partial charge in [0.15, 0.2) is 0 Å². The monoisotopic (exact) mass is 314 g/mol. The number of benzene rings is 1. The van der Waals surface area contributed by atoms with Gasteiger partial charge >= 0.3 is 0 Å². The van der Waals surface area contributed by atoms with Crippen molar-refractivity contribution in [2.45, 2.75) is 0 Å². The number of hydrogen-bond donors (Lipinski definition) is 0. The molecule has 0 unspecified atom stereocenters. The van der Waals surface area contributed by atoms with E-state index in [1.807, 2.05) is 36.4 Å². The summed E-state index contributed by atoms with van der Waals surface area (Å²) in [4.78, 5) is 13.1. The zero-order valence-corrected chi connectivity index (χ0v) is 13.4. The van der Waals surface area contributed by atoms with Gasteiger partial charge in [-0.15, -0.1) is 0 Å². The van der Waals surface area contributed by atoms with Gasteiger partial charge in [0.05, 0.1) is 7.11 Å². The summed E-state index contributed by atoms with van der Waals surface area (Å²) >= 11 is 0. The molecule has 6 heteroatoms. The predicted octanol–water partition coefficient (Wildman–Crippen LogP) is 1.69. The van der Waals surface area contributed by atoms with Crippen molar-refractivity contribution in [3.8, 4) is 11.6 Å². The van der Waals surface area contributed by atoms with Gasteiger partial charge in [-0.05, 0) is 12.1 Å². The Morgan fingerprint density at radius 1 is 1.04 bits per heavy atom. The van der Waals surface area contributed by atoms with Crippen LogP contribution < -0.4 is 14.4 Å². The van der Waals surface area contributed by atoms with Gasteiger partial charge < -0.3 is 14.4 Å². The lowest BCUT2D eigenvalue weighted by molar-refractivity contribution is 0.200. The lowest BCUT2D eigenvalue weighted by Gasteiger charge is -2.35. The van der Waals surface area contributed by atoms with E-state index in [1.54, 1.807) is 13.4 Å². The average molecular weight is 314 g/mol. The van der Waals surface area contributed by atoms with E-state index in [9.17, 15) is 0 Å². The molecule has 0 bridgehead atoms. The molecule has 1 saturated heterocycles. The highest BCUT2D eigenvalue weighted by atomic mass is 16.5. The van der Waals surface area contributed by atoms with E-state index < -0.39 is 0 Å². The van der Waals surface area contributed by atoms with E-state index in [1.165, 1.54) is 0 Å². The number of anilines is 1. The highest BCUT2D eigenvalue weighted by Gasteiger charge is 2.18. The Hall–Kier alpha value is -2.34. The number of nitrogens with zero attached hydrogens (tertiary/aromatic N) is 4. The SMILES string of the molecule is COc1cc(N2CCN(CCOc3ccccc3)CC2)ncn1. The molecule has 0 aliphatic carbocycles. The highest BCUT2D eigenvalue weighted by molar-refractivity contribution is 5.41. The molecular formula is C17H22N4O2. The molecule has 1 aromatic heterocycles. The topological polar surface area (TPSA) is 50.7 Å². The van der Waals surface area contributed by atoms with Gasteiger partial charge in [0.25, 0.3) is 0 Å². The quantitative estimate of drug-likeness (QED) is 0.809. The first-order valence-electron chi connectivity index (χ1n) is 7.86. The Kier molecular flexibility index (Phi) is 5.26. The standard InChI is InChI=1S/C17H22N4O2/c1-22-17-13-16(18-14-19-17)21-9-7-20(8-10-21)11-12-23-15-5-3-2-4-6-15/h2-6,13-14H,7-12H2,1H3. The third kappa shape index (κ3) is 4.32. The van der Waals surface area contributed by atoms with Crippen LogP contribution in [0.15, 0.2) is 42.7 Å². The summed E-state index contributed by atoms with van der Waals surface area (Å²) in [6.45, 7) is 5.56. The Morgan fingerprint density at radius 2 is 1.83 bits per heavy atom. The largest absolute Gasteiger partial charge is 0.492 e. The molecule has 122 valence electrons. The summed E-state index contributed by atoms with van der Waals surface area (Å²) < 4.78 is 10.9. The van der Waals surface area contributed by atoms with Crippen LogP contribution in [0, 0.1) is 0 Å². The number of methoxy groups -OCH3 is 1. The van der Waals surface area contributed by atoms with Crippen LogP contribution in [-0.2, 0) is 0 Å². The van der Waals surface area contributed by atoms with Crippen LogP contribution in [0.3, 0.4) is 0 Å². The lowest BCUT2D eigenvalue weighted by atomic mass is 10.3. The number of para-hydroxylation sites is 1. The molecule has 1 aliphatic heterocycles. The van der Waals surface area contributed by atoms with Crippen molar-refractivity contribution >= 4 is 5.82 Å². The Balaban J connectivity index is 1.43. The van der Waals surface area contributed by atoms with E-state index >= 15 is 0 Å². The zero-order valence-electron chi connectivity index (χ0n) is 13.4. The van der Waals surface area contributed by atoms with Crippen LogP contribution in [0.1, 0.15) is 0 Å². The van der Waals surface area contributed by atoms with E-state index in [0.29, 0.717) is 12.5 Å². The first kappa shape index (κ1) is 15.6. The van der Waals surface area contributed by atoms with Crippen LogP contribution >= 0.6 is 0 Å².